The van der Waals surface area contributed by atoms with Crippen LogP contribution in [-0.2, 0) is 0 Å². The number of nitrogens with zero attached hydrogens (tertiary/aromatic N) is 2. The van der Waals surface area contributed by atoms with Gasteiger partial charge in [-0.15, -0.1) is 12.4 Å². The molecule has 0 bridgehead atoms. The van der Waals surface area contributed by atoms with E-state index in [4.69, 9.17) is 18.0 Å². The molecule has 0 saturated carbocycles. The number of halogens is 1. The molecule has 0 heterocycles. The van der Waals surface area contributed by atoms with Gasteiger partial charge in [-0.25, -0.2) is 4.99 Å². The molecule has 0 atom stereocenters. The van der Waals surface area contributed by atoms with Crippen LogP contribution in [0.5, 0.6) is 0 Å². The Morgan fingerprint density at radius 3 is 2.54 bits per heavy atom. The molecule has 5 heteroatoms. The molecule has 0 spiro atoms. The van der Waals surface area contributed by atoms with Crippen LogP contribution in [0.3, 0.4) is 0 Å². The fraction of sp³-hybridized carbons (Fsp3) is 0.0526. The first-order valence-electron chi connectivity index (χ1n) is 7.30. The Morgan fingerprint density at radius 2 is 1.75 bits per heavy atom. The van der Waals surface area contributed by atoms with Crippen molar-refractivity contribution in [2.45, 2.75) is 0 Å². The number of hydrogen-bond donors (Lipinski definition) is 1. The summed E-state index contributed by atoms with van der Waals surface area (Å²) in [5.74, 6) is 0.433. The summed E-state index contributed by atoms with van der Waals surface area (Å²) in [6, 6.07) is 22.0. The zero-order valence-electron chi connectivity index (χ0n) is 13.2. The second-order valence-corrected chi connectivity index (χ2v) is 5.48. The lowest BCUT2D eigenvalue weighted by Crippen LogP contribution is -2.33. The number of thiocarbonyl (C=S) groups is 1. The van der Waals surface area contributed by atoms with Crippen molar-refractivity contribution in [3.05, 3.63) is 72.3 Å². The molecule has 3 aromatic rings. The molecule has 3 aromatic carbocycles. The number of anilines is 1. The van der Waals surface area contributed by atoms with Crippen LogP contribution >= 0.6 is 24.6 Å². The van der Waals surface area contributed by atoms with Crippen molar-refractivity contribution in [1.29, 1.82) is 0 Å². The van der Waals surface area contributed by atoms with Crippen LogP contribution in [-0.4, -0.2) is 18.4 Å². The largest absolute Gasteiger partial charge is 0.369 e. The topological polar surface area (TPSA) is 41.6 Å². The van der Waals surface area contributed by atoms with Crippen molar-refractivity contribution in [3.63, 3.8) is 0 Å². The molecule has 24 heavy (non-hydrogen) atoms. The second kappa shape index (κ2) is 7.90. The van der Waals surface area contributed by atoms with Crippen LogP contribution in [0, 0.1) is 0 Å². The first-order valence-corrected chi connectivity index (χ1v) is 7.77. The maximum atomic E-state index is 6.20. The van der Waals surface area contributed by atoms with Crippen LogP contribution in [0.25, 0.3) is 10.8 Å². The monoisotopic (exact) mass is 355 g/mol. The molecule has 3 rings (SSSR count). The van der Waals surface area contributed by atoms with Gasteiger partial charge in [0.2, 0.25) is 5.96 Å². The van der Waals surface area contributed by atoms with Crippen LogP contribution in [0.4, 0.5) is 11.4 Å². The lowest BCUT2D eigenvalue weighted by Gasteiger charge is -2.18. The van der Waals surface area contributed by atoms with Gasteiger partial charge < -0.3 is 10.6 Å². The van der Waals surface area contributed by atoms with Gasteiger partial charge in [0.15, 0.2) is 0 Å². The average molecular weight is 356 g/mol. The summed E-state index contributed by atoms with van der Waals surface area (Å²) < 4.78 is 0. The Bertz CT molecular complexity index is 887. The molecule has 3 nitrogen and oxygen atoms in total. The molecule has 0 aliphatic carbocycles. The Kier molecular flexibility index (Phi) is 5.90. The summed E-state index contributed by atoms with van der Waals surface area (Å²) in [6.07, 6.45) is 0. The predicted octanol–water partition coefficient (Wildman–Crippen LogP) is 4.69. The lowest BCUT2D eigenvalue weighted by molar-refractivity contribution is 1.22. The highest BCUT2D eigenvalue weighted by molar-refractivity contribution is 7.79. The van der Waals surface area contributed by atoms with E-state index in [9.17, 15) is 0 Å². The van der Waals surface area contributed by atoms with E-state index >= 15 is 0 Å². The minimum absolute atomic E-state index is 0. The van der Waals surface area contributed by atoms with E-state index < -0.39 is 0 Å². The molecule has 122 valence electrons. The van der Waals surface area contributed by atoms with Gasteiger partial charge in [0, 0.05) is 23.5 Å². The van der Waals surface area contributed by atoms with E-state index in [-0.39, 0.29) is 12.4 Å². The first-order chi connectivity index (χ1) is 11.2. The van der Waals surface area contributed by atoms with Crippen molar-refractivity contribution >= 4 is 58.1 Å². The van der Waals surface area contributed by atoms with Gasteiger partial charge in [-0.3, -0.25) is 0 Å². The van der Waals surface area contributed by atoms with Crippen molar-refractivity contribution < 1.29 is 0 Å². The third-order valence-corrected chi connectivity index (χ3v) is 4.01. The molecule has 0 unspecified atom stereocenters. The smallest absolute Gasteiger partial charge is 0.200 e. The van der Waals surface area contributed by atoms with E-state index in [0.29, 0.717) is 5.96 Å². The zero-order chi connectivity index (χ0) is 16.2. The molecule has 0 amide bonds. The summed E-state index contributed by atoms with van der Waals surface area (Å²) in [6.45, 7) is 0. The van der Waals surface area contributed by atoms with Gasteiger partial charge in [0.1, 0.15) is 0 Å². The van der Waals surface area contributed by atoms with E-state index in [1.807, 2.05) is 66.5 Å². The van der Waals surface area contributed by atoms with Gasteiger partial charge in [-0.05, 0) is 29.1 Å². The van der Waals surface area contributed by atoms with Crippen molar-refractivity contribution in [2.75, 3.05) is 11.9 Å². The number of aliphatic imine (C=N–C) groups is 1. The third kappa shape index (κ3) is 3.72. The highest BCUT2D eigenvalue weighted by atomic mass is 35.5. The zero-order valence-corrected chi connectivity index (χ0v) is 14.8. The molecule has 0 saturated heterocycles. The average Bonchev–Trinajstić information content (AvgIpc) is 2.61. The van der Waals surface area contributed by atoms with Crippen LogP contribution in [0.1, 0.15) is 5.56 Å². The summed E-state index contributed by atoms with van der Waals surface area (Å²) in [4.78, 5) is 6.45. The molecule has 0 aliphatic heterocycles. The number of benzene rings is 3. The number of hydrogen-bond acceptors (Lipinski definition) is 2. The molecule has 0 aromatic heterocycles. The van der Waals surface area contributed by atoms with E-state index in [1.54, 1.807) is 5.37 Å². The maximum absolute atomic E-state index is 6.20. The van der Waals surface area contributed by atoms with Crippen LogP contribution < -0.4 is 10.6 Å². The molecule has 0 radical (unpaired) electrons. The van der Waals surface area contributed by atoms with Crippen molar-refractivity contribution in [2.24, 2.45) is 10.7 Å². The van der Waals surface area contributed by atoms with Gasteiger partial charge in [0.25, 0.3) is 0 Å². The van der Waals surface area contributed by atoms with Gasteiger partial charge in [0.05, 0.1) is 5.69 Å². The Morgan fingerprint density at radius 1 is 1.04 bits per heavy atom. The Hall–Kier alpha value is -2.43. The summed E-state index contributed by atoms with van der Waals surface area (Å²) in [5.41, 5.74) is 8.99. The first kappa shape index (κ1) is 17.9. The van der Waals surface area contributed by atoms with Crippen molar-refractivity contribution in [3.8, 4) is 0 Å². The standard InChI is InChI=1S/C19H17N3S.ClH/c1-22(16-9-4-6-14(12-16)13-23)19(20)21-18-11-5-8-15-7-2-3-10-17(15)18;/h2-13H,1H3,(H2,20,21);1H. The minimum atomic E-state index is 0. The Labute approximate surface area is 153 Å². The number of fused-ring (bicyclic) bond motifs is 1. The van der Waals surface area contributed by atoms with Gasteiger partial charge in [-0.2, -0.15) is 0 Å². The van der Waals surface area contributed by atoms with Gasteiger partial charge >= 0.3 is 0 Å². The van der Waals surface area contributed by atoms with Gasteiger partial charge in [-0.1, -0.05) is 60.7 Å². The fourth-order valence-electron chi connectivity index (χ4n) is 2.44. The molecule has 0 aliphatic rings. The predicted molar refractivity (Wildman–Crippen MR) is 110 cm³/mol. The highest BCUT2D eigenvalue weighted by Crippen LogP contribution is 2.26. The Balaban J connectivity index is 0.00000208. The van der Waals surface area contributed by atoms with Crippen molar-refractivity contribution in [1.82, 2.24) is 0 Å². The molecule has 2 N–H and O–H groups in total. The minimum Gasteiger partial charge on any atom is -0.369 e. The molecular weight excluding hydrogens is 338 g/mol. The number of rotatable bonds is 3. The molecule has 0 fully saturated rings. The summed E-state index contributed by atoms with van der Waals surface area (Å²) in [5, 5.41) is 3.88. The third-order valence-electron chi connectivity index (χ3n) is 3.74. The molecular formula is C19H18ClN3S. The normalized spacial score (nSPS) is 11.0. The fourth-order valence-corrected chi connectivity index (χ4v) is 2.59. The van der Waals surface area contributed by atoms with Crippen LogP contribution in [0.15, 0.2) is 71.7 Å². The number of guanidine groups is 1. The van der Waals surface area contributed by atoms with Crippen LogP contribution in [0.2, 0.25) is 0 Å². The number of nitrogens with two attached hydrogens (primary N) is 1. The lowest BCUT2D eigenvalue weighted by atomic mass is 10.1. The quantitative estimate of drug-likeness (QED) is 0.421. The van der Waals surface area contributed by atoms with E-state index in [0.717, 1.165) is 27.7 Å². The summed E-state index contributed by atoms with van der Waals surface area (Å²) >= 11 is 4.98. The highest BCUT2D eigenvalue weighted by Gasteiger charge is 2.07. The second-order valence-electron chi connectivity index (χ2n) is 5.24. The summed E-state index contributed by atoms with van der Waals surface area (Å²) in [7, 11) is 1.90. The van der Waals surface area contributed by atoms with E-state index in [1.165, 1.54) is 0 Å². The van der Waals surface area contributed by atoms with E-state index in [2.05, 4.69) is 17.1 Å². The SMILES string of the molecule is CN(C(N)=Nc1cccc2ccccc12)c1cccc(C=S)c1.Cl. The maximum Gasteiger partial charge on any atom is 0.200 e.